The minimum absolute atomic E-state index is 0.0308. The maximum Gasteiger partial charge on any atom is 0.249 e. The van der Waals surface area contributed by atoms with E-state index in [2.05, 4.69) is 29.5 Å². The van der Waals surface area contributed by atoms with Crippen LogP contribution in [0.25, 0.3) is 0 Å². The smallest absolute Gasteiger partial charge is 0.249 e. The minimum Gasteiger partial charge on any atom is -0.457 e. The predicted octanol–water partition coefficient (Wildman–Crippen LogP) is 4.04. The summed E-state index contributed by atoms with van der Waals surface area (Å²) in [4.78, 5) is 28.3. The van der Waals surface area contributed by atoms with Crippen LogP contribution in [0.4, 0.5) is 10.1 Å². The first-order valence-corrected chi connectivity index (χ1v) is 13.6. The average Bonchev–Trinajstić information content (AvgIpc) is 2.96. The maximum absolute atomic E-state index is 13.2. The van der Waals surface area contributed by atoms with Gasteiger partial charge >= 0.3 is 0 Å². The SMILES string of the molecule is CC[N+]1(C)CCN(CC(=O)NC(COCc2ccccc2)C(=O)Nc2ccc(Oc3ccc(F)cc3)cc2)CC1. The monoisotopic (exact) mass is 549 g/mol. The van der Waals surface area contributed by atoms with E-state index in [1.807, 2.05) is 30.3 Å². The summed E-state index contributed by atoms with van der Waals surface area (Å²) in [7, 11) is 2.24. The van der Waals surface area contributed by atoms with Crippen LogP contribution in [-0.4, -0.2) is 80.2 Å². The molecule has 0 radical (unpaired) electrons. The first-order chi connectivity index (χ1) is 19.3. The molecule has 1 fully saturated rings. The van der Waals surface area contributed by atoms with Gasteiger partial charge in [-0.05, 0) is 61.0 Å². The molecule has 1 aliphatic rings. The summed E-state index contributed by atoms with van der Waals surface area (Å²) >= 11 is 0. The number of nitrogens with zero attached hydrogens (tertiary/aromatic N) is 2. The summed E-state index contributed by atoms with van der Waals surface area (Å²) in [5.74, 6) is 0.125. The predicted molar refractivity (Wildman–Crippen MR) is 152 cm³/mol. The quantitative estimate of drug-likeness (QED) is 0.334. The van der Waals surface area contributed by atoms with Crippen molar-refractivity contribution in [3.8, 4) is 11.5 Å². The Labute approximate surface area is 235 Å². The van der Waals surface area contributed by atoms with Crippen LogP contribution in [0.2, 0.25) is 0 Å². The van der Waals surface area contributed by atoms with Gasteiger partial charge in [-0.3, -0.25) is 14.5 Å². The topological polar surface area (TPSA) is 79.9 Å². The van der Waals surface area contributed by atoms with Crippen molar-refractivity contribution in [2.24, 2.45) is 0 Å². The summed E-state index contributed by atoms with van der Waals surface area (Å²) < 4.78 is 25.7. The van der Waals surface area contributed by atoms with E-state index in [0.29, 0.717) is 23.8 Å². The van der Waals surface area contributed by atoms with Crippen LogP contribution in [0.15, 0.2) is 78.9 Å². The fourth-order valence-corrected chi connectivity index (χ4v) is 4.43. The lowest BCUT2D eigenvalue weighted by molar-refractivity contribution is -0.911. The number of hydrogen-bond donors (Lipinski definition) is 2. The van der Waals surface area contributed by atoms with Crippen molar-refractivity contribution >= 4 is 17.5 Å². The lowest BCUT2D eigenvalue weighted by Crippen LogP contribution is -2.59. The molecule has 9 heteroatoms. The van der Waals surface area contributed by atoms with Crippen molar-refractivity contribution in [3.05, 3.63) is 90.2 Å². The zero-order chi connectivity index (χ0) is 28.4. The first kappa shape index (κ1) is 29.2. The third kappa shape index (κ3) is 8.87. The van der Waals surface area contributed by atoms with E-state index < -0.39 is 6.04 Å². The fraction of sp³-hybridized carbons (Fsp3) is 0.355. The molecule has 2 N–H and O–H groups in total. The molecule has 2 amide bonds. The zero-order valence-corrected chi connectivity index (χ0v) is 23.1. The second-order valence-electron chi connectivity index (χ2n) is 10.3. The average molecular weight is 550 g/mol. The van der Waals surface area contributed by atoms with E-state index in [0.717, 1.165) is 42.8 Å². The van der Waals surface area contributed by atoms with Crippen LogP contribution < -0.4 is 15.4 Å². The van der Waals surface area contributed by atoms with Gasteiger partial charge in [0.25, 0.3) is 0 Å². The largest absolute Gasteiger partial charge is 0.457 e. The van der Waals surface area contributed by atoms with Crippen LogP contribution >= 0.6 is 0 Å². The van der Waals surface area contributed by atoms with E-state index in [9.17, 15) is 14.0 Å². The molecular weight excluding hydrogens is 511 g/mol. The van der Waals surface area contributed by atoms with Gasteiger partial charge in [0, 0.05) is 18.8 Å². The summed E-state index contributed by atoms with van der Waals surface area (Å²) in [6.07, 6.45) is 0. The first-order valence-electron chi connectivity index (χ1n) is 13.6. The molecule has 1 unspecified atom stereocenters. The second-order valence-corrected chi connectivity index (χ2v) is 10.3. The zero-order valence-electron chi connectivity index (χ0n) is 23.1. The number of amides is 2. The fourth-order valence-electron chi connectivity index (χ4n) is 4.43. The van der Waals surface area contributed by atoms with Crippen molar-refractivity contribution in [1.82, 2.24) is 10.2 Å². The van der Waals surface area contributed by atoms with E-state index in [4.69, 9.17) is 9.47 Å². The molecule has 4 rings (SSSR count). The molecule has 3 aromatic rings. The Bertz CT molecular complexity index is 1230. The highest BCUT2D eigenvalue weighted by molar-refractivity contribution is 5.97. The van der Waals surface area contributed by atoms with Crippen LogP contribution in [-0.2, 0) is 20.9 Å². The number of anilines is 1. The number of rotatable bonds is 12. The Morgan fingerprint density at radius 2 is 1.57 bits per heavy atom. The Balaban J connectivity index is 1.34. The molecule has 3 aromatic carbocycles. The Kier molecular flexibility index (Phi) is 10.2. The Morgan fingerprint density at radius 1 is 0.950 bits per heavy atom. The van der Waals surface area contributed by atoms with Gasteiger partial charge in [-0.2, -0.15) is 0 Å². The van der Waals surface area contributed by atoms with Gasteiger partial charge in [0.05, 0.1) is 46.4 Å². The van der Waals surface area contributed by atoms with Crippen molar-refractivity contribution in [3.63, 3.8) is 0 Å². The van der Waals surface area contributed by atoms with E-state index in [-0.39, 0.29) is 30.8 Å². The highest BCUT2D eigenvalue weighted by Gasteiger charge is 2.29. The van der Waals surface area contributed by atoms with Crippen molar-refractivity contribution in [1.29, 1.82) is 0 Å². The number of likely N-dealkylation sites (N-methyl/N-ethyl adjacent to an activating group) is 1. The number of halogens is 1. The number of nitrogens with one attached hydrogen (secondary N) is 2. The van der Waals surface area contributed by atoms with Crippen molar-refractivity contribution < 1.29 is 27.9 Å². The number of carbonyl (C=O) groups is 2. The van der Waals surface area contributed by atoms with Crippen molar-refractivity contribution in [2.75, 3.05) is 58.2 Å². The highest BCUT2D eigenvalue weighted by Crippen LogP contribution is 2.23. The number of carbonyl (C=O) groups excluding carboxylic acids is 2. The maximum atomic E-state index is 13.2. The molecule has 0 spiro atoms. The molecule has 0 bridgehead atoms. The summed E-state index contributed by atoms with van der Waals surface area (Å²) in [6.45, 7) is 7.52. The Hall–Kier alpha value is -3.79. The molecule has 212 valence electrons. The molecule has 40 heavy (non-hydrogen) atoms. The van der Waals surface area contributed by atoms with Gasteiger partial charge in [0.2, 0.25) is 11.8 Å². The highest BCUT2D eigenvalue weighted by atomic mass is 19.1. The molecule has 0 aromatic heterocycles. The number of benzene rings is 3. The lowest BCUT2D eigenvalue weighted by Gasteiger charge is -2.41. The second kappa shape index (κ2) is 14.0. The number of quaternary nitrogens is 1. The number of hydrogen-bond acceptors (Lipinski definition) is 5. The lowest BCUT2D eigenvalue weighted by atomic mass is 10.2. The van der Waals surface area contributed by atoms with Crippen molar-refractivity contribution in [2.45, 2.75) is 19.6 Å². The minimum atomic E-state index is -0.868. The van der Waals surface area contributed by atoms with E-state index in [1.54, 1.807) is 36.4 Å². The van der Waals surface area contributed by atoms with Crippen LogP contribution in [0.1, 0.15) is 12.5 Å². The number of piperazine rings is 1. The third-order valence-corrected chi connectivity index (χ3v) is 7.26. The molecule has 0 aliphatic carbocycles. The molecular formula is C31H38FN4O4+. The molecule has 8 nitrogen and oxygen atoms in total. The van der Waals surface area contributed by atoms with Gasteiger partial charge in [0.1, 0.15) is 23.4 Å². The van der Waals surface area contributed by atoms with E-state index >= 15 is 0 Å². The van der Waals surface area contributed by atoms with Crippen LogP contribution in [0.5, 0.6) is 11.5 Å². The standard InChI is InChI=1S/C31H37FN4O4/c1-3-36(2)19-17-35(18-20-36)21-30(37)34-29(23-39-22-24-7-5-4-6-8-24)31(38)33-26-11-15-28(16-12-26)40-27-13-9-25(32)10-14-27/h4-16,29H,3,17-23H2,1-2H3,(H-,33,34,37,38)/p+1. The van der Waals surface area contributed by atoms with Gasteiger partial charge in [-0.15, -0.1) is 0 Å². The van der Waals surface area contributed by atoms with E-state index in [1.165, 1.54) is 12.1 Å². The summed E-state index contributed by atoms with van der Waals surface area (Å²) in [5.41, 5.74) is 1.53. The number of ether oxygens (including phenoxy) is 2. The Morgan fingerprint density at radius 3 is 2.20 bits per heavy atom. The summed E-state index contributed by atoms with van der Waals surface area (Å²) in [6, 6.07) is 21.4. The summed E-state index contributed by atoms with van der Waals surface area (Å²) in [5, 5.41) is 5.74. The van der Waals surface area contributed by atoms with Gasteiger partial charge in [-0.25, -0.2) is 4.39 Å². The van der Waals surface area contributed by atoms with Gasteiger partial charge < -0.3 is 24.6 Å². The van der Waals surface area contributed by atoms with Crippen LogP contribution in [0, 0.1) is 5.82 Å². The van der Waals surface area contributed by atoms with Gasteiger partial charge in [-0.1, -0.05) is 30.3 Å². The normalized spacial score (nSPS) is 15.7. The molecule has 1 aliphatic heterocycles. The molecule has 1 atom stereocenters. The molecule has 0 saturated carbocycles. The molecule has 1 saturated heterocycles. The molecule has 1 heterocycles. The van der Waals surface area contributed by atoms with Crippen LogP contribution in [0.3, 0.4) is 0 Å². The van der Waals surface area contributed by atoms with Gasteiger partial charge in [0.15, 0.2) is 0 Å². The third-order valence-electron chi connectivity index (χ3n) is 7.26.